The van der Waals surface area contributed by atoms with E-state index in [1.165, 1.54) is 0 Å². The maximum absolute atomic E-state index is 11.0. The molecule has 0 amide bonds. The normalized spacial score (nSPS) is 12.3. The molecule has 100 valence electrons. The van der Waals surface area contributed by atoms with Gasteiger partial charge in [-0.1, -0.05) is 25.5 Å². The number of nitrogens with one attached hydrogen (secondary N) is 1. The van der Waals surface area contributed by atoms with Crippen LogP contribution in [0.4, 0.5) is 5.82 Å². The van der Waals surface area contributed by atoms with E-state index in [1.807, 2.05) is 31.2 Å². The standard InChI is InChI=1S/C14H17N3O2/c1-2-5-10(14(18)19)8-16-13-9-15-11-6-3-4-7-12(11)17-13/h3-4,6-7,9-10H,2,5,8H2,1H3,(H,16,17)(H,18,19). The Hall–Kier alpha value is -2.17. The molecule has 0 saturated heterocycles. The van der Waals surface area contributed by atoms with Crippen LogP contribution in [0.3, 0.4) is 0 Å². The number of aliphatic carboxylic acids is 1. The second-order valence-electron chi connectivity index (χ2n) is 4.45. The highest BCUT2D eigenvalue weighted by Gasteiger charge is 2.16. The lowest BCUT2D eigenvalue weighted by Crippen LogP contribution is -2.23. The van der Waals surface area contributed by atoms with Gasteiger partial charge in [0.05, 0.1) is 23.1 Å². The third-order valence-electron chi connectivity index (χ3n) is 2.96. The number of hydrogen-bond donors (Lipinski definition) is 2. The first-order valence-corrected chi connectivity index (χ1v) is 6.39. The number of carboxylic acid groups (broad SMARTS) is 1. The molecule has 1 unspecified atom stereocenters. The van der Waals surface area contributed by atoms with E-state index in [1.54, 1.807) is 6.20 Å². The fraction of sp³-hybridized carbons (Fsp3) is 0.357. The smallest absolute Gasteiger partial charge is 0.308 e. The van der Waals surface area contributed by atoms with E-state index >= 15 is 0 Å². The Kier molecular flexibility index (Phi) is 4.28. The lowest BCUT2D eigenvalue weighted by Gasteiger charge is -2.12. The minimum Gasteiger partial charge on any atom is -0.481 e. The summed E-state index contributed by atoms with van der Waals surface area (Å²) in [6.45, 7) is 2.35. The third-order valence-corrected chi connectivity index (χ3v) is 2.96. The number of anilines is 1. The molecule has 1 aromatic heterocycles. The maximum atomic E-state index is 11.0. The lowest BCUT2D eigenvalue weighted by molar-refractivity contribution is -0.141. The van der Waals surface area contributed by atoms with Crippen LogP contribution >= 0.6 is 0 Å². The molecular formula is C14H17N3O2. The van der Waals surface area contributed by atoms with E-state index in [9.17, 15) is 4.79 Å². The molecule has 5 heteroatoms. The number of benzene rings is 1. The Balaban J connectivity index is 2.06. The van der Waals surface area contributed by atoms with Crippen molar-refractivity contribution >= 4 is 22.8 Å². The number of rotatable bonds is 6. The van der Waals surface area contributed by atoms with Crippen molar-refractivity contribution in [2.45, 2.75) is 19.8 Å². The van der Waals surface area contributed by atoms with Crippen LogP contribution in [0, 0.1) is 5.92 Å². The average Bonchev–Trinajstić information content (AvgIpc) is 2.43. The first-order valence-electron chi connectivity index (χ1n) is 6.39. The lowest BCUT2D eigenvalue weighted by atomic mass is 10.0. The van der Waals surface area contributed by atoms with Crippen molar-refractivity contribution in [3.8, 4) is 0 Å². The molecule has 0 bridgehead atoms. The molecule has 0 fully saturated rings. The summed E-state index contributed by atoms with van der Waals surface area (Å²) in [7, 11) is 0. The molecule has 5 nitrogen and oxygen atoms in total. The number of aromatic nitrogens is 2. The van der Waals surface area contributed by atoms with E-state index in [0.717, 1.165) is 17.5 Å². The summed E-state index contributed by atoms with van der Waals surface area (Å²) in [5, 5.41) is 12.1. The van der Waals surface area contributed by atoms with Crippen molar-refractivity contribution in [1.82, 2.24) is 9.97 Å². The van der Waals surface area contributed by atoms with Crippen LogP contribution in [-0.4, -0.2) is 27.6 Å². The molecule has 1 heterocycles. The van der Waals surface area contributed by atoms with Crippen LogP contribution in [-0.2, 0) is 4.79 Å². The van der Waals surface area contributed by atoms with Gasteiger partial charge in [0.25, 0.3) is 0 Å². The van der Waals surface area contributed by atoms with Crippen molar-refractivity contribution in [2.24, 2.45) is 5.92 Å². The Morgan fingerprint density at radius 3 is 2.79 bits per heavy atom. The first-order chi connectivity index (χ1) is 9.20. The molecule has 0 spiro atoms. The predicted molar refractivity (Wildman–Crippen MR) is 74.1 cm³/mol. The fourth-order valence-electron chi connectivity index (χ4n) is 1.93. The van der Waals surface area contributed by atoms with Crippen molar-refractivity contribution < 1.29 is 9.90 Å². The van der Waals surface area contributed by atoms with Gasteiger partial charge >= 0.3 is 5.97 Å². The average molecular weight is 259 g/mol. The molecule has 2 rings (SSSR count). The zero-order chi connectivity index (χ0) is 13.7. The van der Waals surface area contributed by atoms with Gasteiger partial charge in [-0.3, -0.25) is 9.78 Å². The van der Waals surface area contributed by atoms with Gasteiger partial charge in [0.2, 0.25) is 0 Å². The van der Waals surface area contributed by atoms with Gasteiger partial charge in [-0.05, 0) is 18.6 Å². The molecule has 19 heavy (non-hydrogen) atoms. The number of para-hydroxylation sites is 2. The minimum atomic E-state index is -0.775. The molecule has 1 aromatic carbocycles. The van der Waals surface area contributed by atoms with Crippen LogP contribution in [0.2, 0.25) is 0 Å². The topological polar surface area (TPSA) is 75.1 Å². The van der Waals surface area contributed by atoms with Crippen LogP contribution in [0.25, 0.3) is 11.0 Å². The summed E-state index contributed by atoms with van der Waals surface area (Å²) in [6.07, 6.45) is 3.14. The van der Waals surface area contributed by atoms with Crippen LogP contribution in [0.15, 0.2) is 30.5 Å². The van der Waals surface area contributed by atoms with Gasteiger partial charge in [-0.2, -0.15) is 0 Å². The van der Waals surface area contributed by atoms with Crippen molar-refractivity contribution in [2.75, 3.05) is 11.9 Å². The van der Waals surface area contributed by atoms with E-state index in [4.69, 9.17) is 5.11 Å². The summed E-state index contributed by atoms with van der Waals surface area (Å²) in [5.74, 6) is -0.553. The van der Waals surface area contributed by atoms with Crippen molar-refractivity contribution in [1.29, 1.82) is 0 Å². The molecule has 1 atom stereocenters. The molecule has 0 aliphatic carbocycles. The Morgan fingerprint density at radius 1 is 1.37 bits per heavy atom. The van der Waals surface area contributed by atoms with E-state index in [-0.39, 0.29) is 0 Å². The number of carbonyl (C=O) groups is 1. The minimum absolute atomic E-state index is 0.371. The highest BCUT2D eigenvalue weighted by atomic mass is 16.4. The summed E-state index contributed by atoms with van der Waals surface area (Å²) in [6, 6.07) is 7.58. The van der Waals surface area contributed by atoms with Crippen LogP contribution < -0.4 is 5.32 Å². The van der Waals surface area contributed by atoms with Gasteiger partial charge in [0, 0.05) is 6.54 Å². The van der Waals surface area contributed by atoms with Crippen molar-refractivity contribution in [3.05, 3.63) is 30.5 Å². The molecule has 0 aliphatic rings. The fourth-order valence-corrected chi connectivity index (χ4v) is 1.93. The summed E-state index contributed by atoms with van der Waals surface area (Å²) < 4.78 is 0. The quantitative estimate of drug-likeness (QED) is 0.833. The number of hydrogen-bond acceptors (Lipinski definition) is 4. The highest BCUT2D eigenvalue weighted by Crippen LogP contribution is 2.13. The van der Waals surface area contributed by atoms with Crippen LogP contribution in [0.5, 0.6) is 0 Å². The maximum Gasteiger partial charge on any atom is 0.308 e. The predicted octanol–water partition coefficient (Wildman–Crippen LogP) is 2.54. The SMILES string of the molecule is CCCC(CNc1cnc2ccccc2n1)C(=O)O. The van der Waals surface area contributed by atoms with E-state index < -0.39 is 11.9 Å². The number of fused-ring (bicyclic) bond motifs is 1. The zero-order valence-corrected chi connectivity index (χ0v) is 10.8. The molecule has 2 N–H and O–H groups in total. The second-order valence-corrected chi connectivity index (χ2v) is 4.45. The molecule has 0 radical (unpaired) electrons. The van der Waals surface area contributed by atoms with Crippen molar-refractivity contribution in [3.63, 3.8) is 0 Å². The number of nitrogens with zero attached hydrogens (tertiary/aromatic N) is 2. The molecular weight excluding hydrogens is 242 g/mol. The van der Waals surface area contributed by atoms with Gasteiger partial charge in [-0.15, -0.1) is 0 Å². The molecule has 0 saturated carbocycles. The second kappa shape index (κ2) is 6.13. The van der Waals surface area contributed by atoms with Gasteiger partial charge < -0.3 is 10.4 Å². The molecule has 2 aromatic rings. The van der Waals surface area contributed by atoms with E-state index in [2.05, 4.69) is 15.3 Å². The van der Waals surface area contributed by atoms with E-state index in [0.29, 0.717) is 18.8 Å². The Bertz CT molecular complexity index is 571. The monoisotopic (exact) mass is 259 g/mol. The van der Waals surface area contributed by atoms with Crippen LogP contribution in [0.1, 0.15) is 19.8 Å². The summed E-state index contributed by atoms with van der Waals surface area (Å²) >= 11 is 0. The zero-order valence-electron chi connectivity index (χ0n) is 10.8. The third kappa shape index (κ3) is 3.40. The molecule has 0 aliphatic heterocycles. The highest BCUT2D eigenvalue weighted by molar-refractivity contribution is 5.75. The Morgan fingerprint density at radius 2 is 2.11 bits per heavy atom. The largest absolute Gasteiger partial charge is 0.481 e. The van der Waals surface area contributed by atoms with Gasteiger partial charge in [-0.25, -0.2) is 4.98 Å². The summed E-state index contributed by atoms with van der Waals surface area (Å²) in [5.41, 5.74) is 1.63. The summed E-state index contributed by atoms with van der Waals surface area (Å²) in [4.78, 5) is 19.7. The number of carboxylic acids is 1. The first kappa shape index (κ1) is 13.3. The Labute approximate surface area is 111 Å². The van der Waals surface area contributed by atoms with Gasteiger partial charge in [0.15, 0.2) is 0 Å². The van der Waals surface area contributed by atoms with Gasteiger partial charge in [0.1, 0.15) is 5.82 Å².